The molecule has 1 aliphatic rings. The maximum absolute atomic E-state index is 9.04. The molecule has 3 nitrogen and oxygen atoms in total. The van der Waals surface area contributed by atoms with Gasteiger partial charge in [-0.1, -0.05) is 6.08 Å². The van der Waals surface area contributed by atoms with Crippen LogP contribution in [0.4, 0.5) is 0 Å². The lowest BCUT2D eigenvalue weighted by Crippen LogP contribution is -2.26. The van der Waals surface area contributed by atoms with Gasteiger partial charge in [0, 0.05) is 0 Å². The maximum Gasteiger partial charge on any atom is 0.163 e. The molecule has 0 aromatic carbocycles. The van der Waals surface area contributed by atoms with Crippen molar-refractivity contribution < 1.29 is 14.6 Å². The van der Waals surface area contributed by atoms with Gasteiger partial charge in [-0.15, -0.1) is 6.58 Å². The van der Waals surface area contributed by atoms with Gasteiger partial charge in [-0.3, -0.25) is 0 Å². The van der Waals surface area contributed by atoms with Crippen molar-refractivity contribution in [3.05, 3.63) is 12.7 Å². The number of allylic oxidation sites excluding steroid dienone is 1. The van der Waals surface area contributed by atoms with Crippen molar-refractivity contribution in [1.82, 2.24) is 0 Å². The first-order valence-corrected chi connectivity index (χ1v) is 4.66. The minimum atomic E-state index is -0.556. The van der Waals surface area contributed by atoms with Crippen LogP contribution in [0.15, 0.2) is 12.7 Å². The van der Waals surface area contributed by atoms with Crippen LogP contribution in [0.1, 0.15) is 26.7 Å². The number of hydrogen-bond donors (Lipinski definition) is 1. The Morgan fingerprint density at radius 1 is 1.38 bits per heavy atom. The fourth-order valence-electron chi connectivity index (χ4n) is 1.59. The van der Waals surface area contributed by atoms with E-state index in [1.165, 1.54) is 0 Å². The number of rotatable bonds is 4. The van der Waals surface area contributed by atoms with Crippen LogP contribution in [0, 0.1) is 0 Å². The second-order valence-corrected chi connectivity index (χ2v) is 3.76. The van der Waals surface area contributed by atoms with Gasteiger partial charge < -0.3 is 14.6 Å². The Morgan fingerprint density at radius 2 is 2.00 bits per heavy atom. The molecule has 3 heteroatoms. The second kappa shape index (κ2) is 4.22. The molecular formula is C10H18O3. The molecular weight excluding hydrogens is 168 g/mol. The zero-order valence-corrected chi connectivity index (χ0v) is 8.32. The monoisotopic (exact) mass is 186 g/mol. The van der Waals surface area contributed by atoms with Crippen molar-refractivity contribution in [1.29, 1.82) is 0 Å². The van der Waals surface area contributed by atoms with E-state index in [1.807, 2.05) is 19.9 Å². The molecule has 0 amide bonds. The Bertz CT molecular complexity index is 177. The van der Waals surface area contributed by atoms with Crippen molar-refractivity contribution in [2.45, 2.75) is 44.7 Å². The van der Waals surface area contributed by atoms with E-state index in [4.69, 9.17) is 14.6 Å². The molecule has 2 atom stereocenters. The van der Waals surface area contributed by atoms with Crippen molar-refractivity contribution in [3.63, 3.8) is 0 Å². The summed E-state index contributed by atoms with van der Waals surface area (Å²) < 4.78 is 11.1. The smallest absolute Gasteiger partial charge is 0.163 e. The summed E-state index contributed by atoms with van der Waals surface area (Å²) in [6, 6.07) is 0. The molecule has 0 aromatic heterocycles. The second-order valence-electron chi connectivity index (χ2n) is 3.76. The minimum Gasteiger partial charge on any atom is -0.394 e. The molecule has 76 valence electrons. The largest absolute Gasteiger partial charge is 0.394 e. The Labute approximate surface area is 79.3 Å². The molecule has 0 saturated carbocycles. The van der Waals surface area contributed by atoms with Crippen LogP contribution in [0.25, 0.3) is 0 Å². The van der Waals surface area contributed by atoms with Crippen molar-refractivity contribution in [2.24, 2.45) is 0 Å². The van der Waals surface area contributed by atoms with Crippen molar-refractivity contribution in [2.75, 3.05) is 6.61 Å². The Hall–Kier alpha value is -0.380. The summed E-state index contributed by atoms with van der Waals surface area (Å²) in [7, 11) is 0. The third kappa shape index (κ3) is 2.79. The Morgan fingerprint density at radius 3 is 2.54 bits per heavy atom. The molecule has 0 radical (unpaired) electrons. The van der Waals surface area contributed by atoms with Crippen LogP contribution in [0.3, 0.4) is 0 Å². The highest BCUT2D eigenvalue weighted by molar-refractivity contribution is 4.83. The van der Waals surface area contributed by atoms with E-state index >= 15 is 0 Å². The Balaban J connectivity index is 2.48. The molecule has 1 N–H and O–H groups in total. The number of hydrogen-bond acceptors (Lipinski definition) is 3. The van der Waals surface area contributed by atoms with E-state index in [1.54, 1.807) is 0 Å². The molecule has 13 heavy (non-hydrogen) atoms. The molecule has 0 unspecified atom stereocenters. The molecule has 1 fully saturated rings. The normalized spacial score (nSPS) is 31.9. The number of ether oxygens (including phenoxy) is 2. The molecule has 1 aliphatic heterocycles. The molecule has 0 aliphatic carbocycles. The average molecular weight is 186 g/mol. The minimum absolute atomic E-state index is 0.00185. The fourth-order valence-corrected chi connectivity index (χ4v) is 1.59. The van der Waals surface area contributed by atoms with E-state index in [2.05, 4.69) is 6.58 Å². The summed E-state index contributed by atoms with van der Waals surface area (Å²) in [5, 5.41) is 9.04. The summed E-state index contributed by atoms with van der Waals surface area (Å²) >= 11 is 0. The maximum atomic E-state index is 9.04. The van der Waals surface area contributed by atoms with Gasteiger partial charge in [-0.25, -0.2) is 0 Å². The summed E-state index contributed by atoms with van der Waals surface area (Å²) in [6.07, 6.45) is 3.41. The fraction of sp³-hybridized carbons (Fsp3) is 0.800. The van der Waals surface area contributed by atoms with Crippen LogP contribution in [0.5, 0.6) is 0 Å². The summed E-state index contributed by atoms with van der Waals surface area (Å²) in [4.78, 5) is 0. The SMILES string of the molecule is C=CCC[C@H]1OC(C)(C)O[C@@H]1CO. The lowest BCUT2D eigenvalue weighted by molar-refractivity contribution is -0.149. The molecule has 1 heterocycles. The van der Waals surface area contributed by atoms with E-state index in [0.29, 0.717) is 0 Å². The van der Waals surface area contributed by atoms with Gasteiger partial charge in [0.15, 0.2) is 5.79 Å². The predicted molar refractivity (Wildman–Crippen MR) is 50.3 cm³/mol. The van der Waals surface area contributed by atoms with Crippen LogP contribution in [0.2, 0.25) is 0 Å². The van der Waals surface area contributed by atoms with Crippen LogP contribution in [-0.2, 0) is 9.47 Å². The van der Waals surface area contributed by atoms with Crippen LogP contribution in [-0.4, -0.2) is 29.7 Å². The first-order valence-electron chi connectivity index (χ1n) is 4.66. The first-order chi connectivity index (χ1) is 6.09. The quantitative estimate of drug-likeness (QED) is 0.676. The van der Waals surface area contributed by atoms with E-state index in [0.717, 1.165) is 12.8 Å². The topological polar surface area (TPSA) is 38.7 Å². The lowest BCUT2D eigenvalue weighted by Gasteiger charge is -2.16. The van der Waals surface area contributed by atoms with Gasteiger partial charge in [0.1, 0.15) is 6.10 Å². The van der Waals surface area contributed by atoms with Gasteiger partial charge in [0.05, 0.1) is 12.7 Å². The van der Waals surface area contributed by atoms with E-state index in [-0.39, 0.29) is 18.8 Å². The number of aliphatic hydroxyl groups excluding tert-OH is 1. The van der Waals surface area contributed by atoms with Crippen molar-refractivity contribution in [3.8, 4) is 0 Å². The highest BCUT2D eigenvalue weighted by Crippen LogP contribution is 2.30. The highest BCUT2D eigenvalue weighted by Gasteiger charge is 2.40. The third-order valence-corrected chi connectivity index (χ3v) is 2.12. The van der Waals surface area contributed by atoms with E-state index < -0.39 is 5.79 Å². The molecule has 1 saturated heterocycles. The lowest BCUT2D eigenvalue weighted by atomic mass is 10.1. The average Bonchev–Trinajstić information content (AvgIpc) is 2.37. The standard InChI is InChI=1S/C10H18O3/c1-4-5-6-8-9(7-11)13-10(2,3)12-8/h4,8-9,11H,1,5-7H2,2-3H3/t8-,9-/m1/s1. The molecule has 0 spiro atoms. The highest BCUT2D eigenvalue weighted by atomic mass is 16.8. The number of aliphatic hydroxyl groups is 1. The van der Waals surface area contributed by atoms with Gasteiger partial charge in [-0.2, -0.15) is 0 Å². The van der Waals surface area contributed by atoms with Gasteiger partial charge in [0.2, 0.25) is 0 Å². The third-order valence-electron chi connectivity index (χ3n) is 2.12. The zero-order valence-electron chi connectivity index (χ0n) is 8.32. The molecule has 1 rings (SSSR count). The van der Waals surface area contributed by atoms with Crippen LogP contribution < -0.4 is 0 Å². The van der Waals surface area contributed by atoms with Gasteiger partial charge in [0.25, 0.3) is 0 Å². The van der Waals surface area contributed by atoms with Gasteiger partial charge in [-0.05, 0) is 26.7 Å². The molecule has 0 aromatic rings. The first kappa shape index (κ1) is 10.7. The van der Waals surface area contributed by atoms with Crippen molar-refractivity contribution >= 4 is 0 Å². The summed E-state index contributed by atoms with van der Waals surface area (Å²) in [6.45, 7) is 7.40. The Kier molecular flexibility index (Phi) is 3.47. The van der Waals surface area contributed by atoms with Gasteiger partial charge >= 0.3 is 0 Å². The molecule has 0 bridgehead atoms. The van der Waals surface area contributed by atoms with Crippen LogP contribution >= 0.6 is 0 Å². The predicted octanol–water partition coefficient (Wildman–Crippen LogP) is 1.47. The summed E-state index contributed by atoms with van der Waals surface area (Å²) in [5.41, 5.74) is 0. The van der Waals surface area contributed by atoms with E-state index in [9.17, 15) is 0 Å². The zero-order chi connectivity index (χ0) is 9.90. The summed E-state index contributed by atoms with van der Waals surface area (Å²) in [5.74, 6) is -0.556.